The van der Waals surface area contributed by atoms with Gasteiger partial charge in [0, 0.05) is 30.3 Å². The third-order valence-electron chi connectivity index (χ3n) is 2.91. The fourth-order valence-corrected chi connectivity index (χ4v) is 5.00. The van der Waals surface area contributed by atoms with Crippen molar-refractivity contribution in [3.63, 3.8) is 0 Å². The highest BCUT2D eigenvalue weighted by Crippen LogP contribution is 2.20. The SMILES string of the molecule is CCCO[Si](Cc1ccc(Br)cc1)(OCCC)OCCC. The Hall–Kier alpha value is -0.203. The molecule has 1 aromatic carbocycles. The smallest absolute Gasteiger partial charge is 0.373 e. The molecule has 1 aromatic rings. The third-order valence-corrected chi connectivity index (χ3v) is 6.21. The molecule has 0 atom stereocenters. The molecule has 0 amide bonds. The van der Waals surface area contributed by atoms with Crippen LogP contribution in [-0.4, -0.2) is 28.6 Å². The average molecular weight is 375 g/mol. The monoisotopic (exact) mass is 374 g/mol. The maximum absolute atomic E-state index is 6.10. The van der Waals surface area contributed by atoms with Gasteiger partial charge in [-0.1, -0.05) is 48.8 Å². The molecule has 0 fully saturated rings. The van der Waals surface area contributed by atoms with Gasteiger partial charge in [0.25, 0.3) is 0 Å². The van der Waals surface area contributed by atoms with E-state index in [1.54, 1.807) is 0 Å². The lowest BCUT2D eigenvalue weighted by atomic mass is 10.2. The second-order valence-corrected chi connectivity index (χ2v) is 8.53. The van der Waals surface area contributed by atoms with Crippen molar-refractivity contribution in [2.75, 3.05) is 19.8 Å². The summed E-state index contributed by atoms with van der Waals surface area (Å²) in [5.74, 6) is 0. The first-order valence-corrected chi connectivity index (χ1v) is 10.5. The van der Waals surface area contributed by atoms with Crippen LogP contribution in [0.15, 0.2) is 28.7 Å². The molecule has 0 N–H and O–H groups in total. The number of halogens is 1. The lowest BCUT2D eigenvalue weighted by Gasteiger charge is -2.29. The average Bonchev–Trinajstić information content (AvgIpc) is 2.51. The fourth-order valence-electron chi connectivity index (χ4n) is 1.90. The summed E-state index contributed by atoms with van der Waals surface area (Å²) in [4.78, 5) is 0. The Bertz CT molecular complexity index is 362. The van der Waals surface area contributed by atoms with Gasteiger partial charge in [0.05, 0.1) is 0 Å². The van der Waals surface area contributed by atoms with Crippen molar-refractivity contribution in [1.82, 2.24) is 0 Å². The van der Waals surface area contributed by atoms with E-state index in [0.717, 1.165) is 29.8 Å². The quantitative estimate of drug-likeness (QED) is 0.523. The van der Waals surface area contributed by atoms with E-state index in [9.17, 15) is 0 Å². The molecular weight excluding hydrogens is 348 g/mol. The number of benzene rings is 1. The van der Waals surface area contributed by atoms with Crippen molar-refractivity contribution in [3.8, 4) is 0 Å². The van der Waals surface area contributed by atoms with Gasteiger partial charge in [0.2, 0.25) is 0 Å². The van der Waals surface area contributed by atoms with Crippen molar-refractivity contribution in [3.05, 3.63) is 34.3 Å². The van der Waals surface area contributed by atoms with Gasteiger partial charge in [-0.05, 0) is 37.0 Å². The summed E-state index contributed by atoms with van der Waals surface area (Å²) in [7, 11) is -2.63. The van der Waals surface area contributed by atoms with Crippen LogP contribution in [0.3, 0.4) is 0 Å². The second-order valence-electron chi connectivity index (χ2n) is 5.03. The highest BCUT2D eigenvalue weighted by atomic mass is 79.9. The van der Waals surface area contributed by atoms with Crippen LogP contribution in [0.25, 0.3) is 0 Å². The zero-order valence-corrected chi connectivity index (χ0v) is 15.9. The van der Waals surface area contributed by atoms with Crippen LogP contribution in [-0.2, 0) is 19.3 Å². The second kappa shape index (κ2) is 10.5. The summed E-state index contributed by atoms with van der Waals surface area (Å²) in [6, 6.07) is 9.04. The molecule has 0 radical (unpaired) electrons. The first-order valence-electron chi connectivity index (χ1n) is 7.82. The normalized spacial score (nSPS) is 11.8. The minimum Gasteiger partial charge on any atom is -0.373 e. The first-order chi connectivity index (χ1) is 10.2. The number of hydrogen-bond acceptors (Lipinski definition) is 3. The van der Waals surface area contributed by atoms with Gasteiger partial charge in [-0.15, -0.1) is 0 Å². The Morgan fingerprint density at radius 1 is 0.810 bits per heavy atom. The molecule has 0 aliphatic heterocycles. The lowest BCUT2D eigenvalue weighted by Crippen LogP contribution is -2.49. The van der Waals surface area contributed by atoms with Crippen LogP contribution >= 0.6 is 15.9 Å². The van der Waals surface area contributed by atoms with Crippen molar-refractivity contribution < 1.29 is 13.3 Å². The summed E-state index contributed by atoms with van der Waals surface area (Å²) in [5, 5.41) is 0. The number of hydrogen-bond donors (Lipinski definition) is 0. The van der Waals surface area contributed by atoms with Crippen LogP contribution < -0.4 is 0 Å². The minimum atomic E-state index is -2.63. The Morgan fingerprint density at radius 2 is 1.24 bits per heavy atom. The largest absolute Gasteiger partial charge is 0.505 e. The van der Waals surface area contributed by atoms with Crippen molar-refractivity contribution >= 4 is 24.7 Å². The van der Waals surface area contributed by atoms with Crippen LogP contribution in [0.1, 0.15) is 45.6 Å². The summed E-state index contributed by atoms with van der Waals surface area (Å²) < 4.78 is 19.4. The topological polar surface area (TPSA) is 27.7 Å². The van der Waals surface area contributed by atoms with Gasteiger partial charge in [-0.2, -0.15) is 0 Å². The van der Waals surface area contributed by atoms with Crippen molar-refractivity contribution in [1.29, 1.82) is 0 Å². The Kier molecular flexibility index (Phi) is 9.43. The fraction of sp³-hybridized carbons (Fsp3) is 0.625. The summed E-state index contributed by atoms with van der Waals surface area (Å²) in [5.41, 5.74) is 1.20. The molecule has 21 heavy (non-hydrogen) atoms. The molecule has 0 saturated carbocycles. The van der Waals surface area contributed by atoms with Gasteiger partial charge >= 0.3 is 8.80 Å². The zero-order valence-electron chi connectivity index (χ0n) is 13.4. The molecule has 1 rings (SSSR count). The Morgan fingerprint density at radius 3 is 1.62 bits per heavy atom. The summed E-state index contributed by atoms with van der Waals surface area (Å²) >= 11 is 3.47. The number of rotatable bonds is 11. The van der Waals surface area contributed by atoms with Gasteiger partial charge in [-0.25, -0.2) is 0 Å². The van der Waals surface area contributed by atoms with E-state index in [1.165, 1.54) is 5.56 Å². The van der Waals surface area contributed by atoms with E-state index in [-0.39, 0.29) is 0 Å². The van der Waals surface area contributed by atoms with Gasteiger partial charge < -0.3 is 13.3 Å². The van der Waals surface area contributed by atoms with Gasteiger partial charge in [0.15, 0.2) is 0 Å². The van der Waals surface area contributed by atoms with E-state index in [1.807, 2.05) is 12.1 Å². The Balaban J connectivity index is 2.85. The highest BCUT2D eigenvalue weighted by Gasteiger charge is 2.41. The van der Waals surface area contributed by atoms with Gasteiger partial charge in [-0.3, -0.25) is 0 Å². The lowest BCUT2D eigenvalue weighted by molar-refractivity contribution is 0.0583. The van der Waals surface area contributed by atoms with E-state index in [2.05, 4.69) is 48.8 Å². The van der Waals surface area contributed by atoms with Crippen molar-refractivity contribution in [2.24, 2.45) is 0 Å². The van der Waals surface area contributed by atoms with E-state index >= 15 is 0 Å². The molecule has 0 aliphatic carbocycles. The molecule has 0 heterocycles. The predicted octanol–water partition coefficient (Wildman–Crippen LogP) is 4.75. The molecule has 0 aromatic heterocycles. The van der Waals surface area contributed by atoms with Crippen LogP contribution in [0.4, 0.5) is 0 Å². The maximum atomic E-state index is 6.10. The van der Waals surface area contributed by atoms with E-state index < -0.39 is 8.80 Å². The first kappa shape index (κ1) is 18.8. The van der Waals surface area contributed by atoms with E-state index in [4.69, 9.17) is 13.3 Å². The molecule has 5 heteroatoms. The van der Waals surface area contributed by atoms with Crippen LogP contribution in [0, 0.1) is 0 Å². The molecular formula is C16H27BrO3Si. The van der Waals surface area contributed by atoms with E-state index in [0.29, 0.717) is 19.8 Å². The zero-order chi connectivity index (χ0) is 15.6. The maximum Gasteiger partial charge on any atom is 0.505 e. The molecule has 0 aliphatic rings. The summed E-state index contributed by atoms with van der Waals surface area (Å²) in [6.07, 6.45) is 2.92. The predicted molar refractivity (Wildman–Crippen MR) is 92.3 cm³/mol. The van der Waals surface area contributed by atoms with Crippen LogP contribution in [0.5, 0.6) is 0 Å². The third kappa shape index (κ3) is 7.06. The standard InChI is InChI=1S/C16H27BrO3Si/c1-4-11-18-21(19-12-5-2,20-13-6-3)14-15-7-9-16(17)10-8-15/h7-10H,4-6,11-14H2,1-3H3. The summed E-state index contributed by atoms with van der Waals surface area (Å²) in [6.45, 7) is 8.40. The molecule has 0 saturated heterocycles. The van der Waals surface area contributed by atoms with Crippen molar-refractivity contribution in [2.45, 2.75) is 46.1 Å². The Labute approximate surface area is 138 Å². The molecule has 0 bridgehead atoms. The molecule has 0 spiro atoms. The van der Waals surface area contributed by atoms with Gasteiger partial charge in [0.1, 0.15) is 0 Å². The molecule has 3 nitrogen and oxygen atoms in total. The molecule has 0 unspecified atom stereocenters. The minimum absolute atomic E-state index is 0.691. The van der Waals surface area contributed by atoms with Crippen LogP contribution in [0.2, 0.25) is 0 Å². The molecule has 120 valence electrons. The highest BCUT2D eigenvalue weighted by molar-refractivity contribution is 9.10.